The Morgan fingerprint density at radius 1 is 1.43 bits per heavy atom. The van der Waals surface area contributed by atoms with Crippen molar-refractivity contribution in [1.29, 1.82) is 0 Å². The molecule has 0 fully saturated rings. The highest BCUT2D eigenvalue weighted by molar-refractivity contribution is 9.10. The normalized spacial score (nSPS) is 11.5. The summed E-state index contributed by atoms with van der Waals surface area (Å²) in [6, 6.07) is 2.02. The first-order valence-corrected chi connectivity index (χ1v) is 5.40. The molecule has 14 heavy (non-hydrogen) atoms. The molecule has 0 saturated heterocycles. The van der Waals surface area contributed by atoms with Gasteiger partial charge < -0.3 is 0 Å². The average molecular weight is 254 g/mol. The highest BCUT2D eigenvalue weighted by Crippen LogP contribution is 2.22. The Balaban J connectivity index is 2.71. The minimum absolute atomic E-state index is 0.363. The lowest BCUT2D eigenvalue weighted by atomic mass is 10.2. The van der Waals surface area contributed by atoms with Crippen molar-refractivity contribution in [2.24, 2.45) is 0 Å². The summed E-state index contributed by atoms with van der Waals surface area (Å²) < 4.78 is 2.84. The molecule has 0 atom stereocenters. The van der Waals surface area contributed by atoms with Crippen LogP contribution >= 0.6 is 15.9 Å². The molecule has 0 radical (unpaired) electrons. The largest absolute Gasteiger partial charge is 0.220 e. The topological polar surface area (TPSA) is 30.2 Å². The van der Waals surface area contributed by atoms with Gasteiger partial charge in [0.1, 0.15) is 0 Å². The van der Waals surface area contributed by atoms with Crippen LogP contribution in [0.15, 0.2) is 16.7 Å². The number of fused-ring (bicyclic) bond motifs is 1. The Morgan fingerprint density at radius 2 is 2.14 bits per heavy atom. The van der Waals surface area contributed by atoms with Crippen LogP contribution in [0.3, 0.4) is 0 Å². The maximum Gasteiger partial charge on any atom is 0.170 e. The summed E-state index contributed by atoms with van der Waals surface area (Å²) in [4.78, 5) is 4.48. The minimum Gasteiger partial charge on any atom is -0.220 e. The predicted molar refractivity (Wildman–Crippen MR) is 59.5 cm³/mol. The van der Waals surface area contributed by atoms with Crippen LogP contribution in [0.4, 0.5) is 0 Å². The summed E-state index contributed by atoms with van der Waals surface area (Å²) in [6.07, 6.45) is 1.94. The SMILES string of the molecule is Cc1ccn2nc(C(C)C)nc2c1Br. The molecular weight excluding hydrogens is 242 g/mol. The van der Waals surface area contributed by atoms with Gasteiger partial charge in [0.2, 0.25) is 0 Å². The molecule has 0 aliphatic carbocycles. The molecule has 0 amide bonds. The molecule has 0 bridgehead atoms. The fourth-order valence-corrected chi connectivity index (χ4v) is 1.67. The second-order valence-electron chi connectivity index (χ2n) is 3.71. The standard InChI is InChI=1S/C10H12BrN3/c1-6(2)9-12-10-8(11)7(3)4-5-14(10)13-9/h4-6H,1-3H3. The molecular formula is C10H12BrN3. The van der Waals surface area contributed by atoms with Crippen molar-refractivity contribution in [3.63, 3.8) is 0 Å². The monoisotopic (exact) mass is 253 g/mol. The van der Waals surface area contributed by atoms with Gasteiger partial charge in [0.05, 0.1) is 4.47 Å². The molecule has 74 valence electrons. The number of hydrogen-bond donors (Lipinski definition) is 0. The second kappa shape index (κ2) is 3.35. The van der Waals surface area contributed by atoms with Crippen LogP contribution in [-0.4, -0.2) is 14.6 Å². The van der Waals surface area contributed by atoms with Gasteiger partial charge in [-0.25, -0.2) is 9.50 Å². The van der Waals surface area contributed by atoms with E-state index in [1.807, 2.05) is 23.7 Å². The molecule has 3 nitrogen and oxygen atoms in total. The molecule has 0 N–H and O–H groups in total. The lowest BCUT2D eigenvalue weighted by Gasteiger charge is -1.97. The molecule has 2 aromatic heterocycles. The number of nitrogens with zero attached hydrogens (tertiary/aromatic N) is 3. The zero-order chi connectivity index (χ0) is 10.3. The highest BCUT2D eigenvalue weighted by Gasteiger charge is 2.10. The number of rotatable bonds is 1. The van der Waals surface area contributed by atoms with Gasteiger partial charge in [0.15, 0.2) is 11.5 Å². The minimum atomic E-state index is 0.363. The molecule has 4 heteroatoms. The van der Waals surface area contributed by atoms with Crippen molar-refractivity contribution in [2.75, 3.05) is 0 Å². The van der Waals surface area contributed by atoms with E-state index in [1.165, 1.54) is 5.56 Å². The molecule has 2 aromatic rings. The van der Waals surface area contributed by atoms with Crippen LogP contribution in [0.25, 0.3) is 5.65 Å². The third-order valence-corrected chi connectivity index (χ3v) is 3.15. The van der Waals surface area contributed by atoms with E-state index in [0.717, 1.165) is 15.9 Å². The van der Waals surface area contributed by atoms with Gasteiger partial charge >= 0.3 is 0 Å². The van der Waals surface area contributed by atoms with E-state index in [-0.39, 0.29) is 0 Å². The van der Waals surface area contributed by atoms with Gasteiger partial charge in [-0.2, -0.15) is 5.10 Å². The smallest absolute Gasteiger partial charge is 0.170 e. The van der Waals surface area contributed by atoms with E-state index in [0.29, 0.717) is 5.92 Å². The summed E-state index contributed by atoms with van der Waals surface area (Å²) in [5.41, 5.74) is 2.08. The second-order valence-corrected chi connectivity index (χ2v) is 4.50. The third-order valence-electron chi connectivity index (χ3n) is 2.17. The van der Waals surface area contributed by atoms with Gasteiger partial charge in [-0.05, 0) is 34.5 Å². The van der Waals surface area contributed by atoms with Crippen molar-refractivity contribution in [3.8, 4) is 0 Å². The summed E-state index contributed by atoms with van der Waals surface area (Å²) >= 11 is 3.52. The van der Waals surface area contributed by atoms with Crippen LogP contribution in [0.2, 0.25) is 0 Å². The lowest BCUT2D eigenvalue weighted by Crippen LogP contribution is -1.91. The first kappa shape index (κ1) is 9.65. The van der Waals surface area contributed by atoms with Crippen molar-refractivity contribution in [3.05, 3.63) is 28.1 Å². The zero-order valence-electron chi connectivity index (χ0n) is 8.45. The molecule has 2 heterocycles. The summed E-state index contributed by atoms with van der Waals surface area (Å²) in [6.45, 7) is 6.24. The third kappa shape index (κ3) is 1.43. The van der Waals surface area contributed by atoms with Crippen molar-refractivity contribution in [2.45, 2.75) is 26.7 Å². The van der Waals surface area contributed by atoms with E-state index in [9.17, 15) is 0 Å². The fourth-order valence-electron chi connectivity index (χ4n) is 1.27. The van der Waals surface area contributed by atoms with Gasteiger partial charge in [0, 0.05) is 12.1 Å². The average Bonchev–Trinajstić information content (AvgIpc) is 2.56. The van der Waals surface area contributed by atoms with Crippen molar-refractivity contribution < 1.29 is 0 Å². The number of aryl methyl sites for hydroxylation is 1. The number of hydrogen-bond acceptors (Lipinski definition) is 2. The Morgan fingerprint density at radius 3 is 2.79 bits per heavy atom. The Kier molecular flexibility index (Phi) is 2.31. The lowest BCUT2D eigenvalue weighted by molar-refractivity contribution is 0.765. The molecule has 0 aliphatic rings. The maximum atomic E-state index is 4.48. The van der Waals surface area contributed by atoms with E-state index in [1.54, 1.807) is 0 Å². The van der Waals surface area contributed by atoms with Gasteiger partial charge in [-0.3, -0.25) is 0 Å². The number of halogens is 1. The van der Waals surface area contributed by atoms with Crippen LogP contribution in [-0.2, 0) is 0 Å². The zero-order valence-corrected chi connectivity index (χ0v) is 10.0. The Bertz CT molecular complexity index is 473. The molecule has 0 aromatic carbocycles. The predicted octanol–water partition coefficient (Wildman–Crippen LogP) is 2.92. The van der Waals surface area contributed by atoms with E-state index < -0.39 is 0 Å². The molecule has 0 unspecified atom stereocenters. The van der Waals surface area contributed by atoms with E-state index in [2.05, 4.69) is 39.9 Å². The van der Waals surface area contributed by atoms with Crippen molar-refractivity contribution in [1.82, 2.24) is 14.6 Å². The molecule has 2 rings (SSSR count). The quantitative estimate of drug-likeness (QED) is 0.783. The summed E-state index contributed by atoms with van der Waals surface area (Å²) in [5, 5.41) is 4.39. The van der Waals surface area contributed by atoms with Gasteiger partial charge in [-0.15, -0.1) is 0 Å². The molecule has 0 saturated carbocycles. The first-order valence-electron chi connectivity index (χ1n) is 4.61. The van der Waals surface area contributed by atoms with Crippen LogP contribution in [0.5, 0.6) is 0 Å². The van der Waals surface area contributed by atoms with E-state index in [4.69, 9.17) is 0 Å². The maximum absolute atomic E-state index is 4.48. The number of aromatic nitrogens is 3. The molecule has 0 spiro atoms. The van der Waals surface area contributed by atoms with Gasteiger partial charge in [-0.1, -0.05) is 13.8 Å². The van der Waals surface area contributed by atoms with Gasteiger partial charge in [0.25, 0.3) is 0 Å². The van der Waals surface area contributed by atoms with Crippen LogP contribution in [0.1, 0.15) is 31.2 Å². The highest BCUT2D eigenvalue weighted by atomic mass is 79.9. The van der Waals surface area contributed by atoms with Crippen molar-refractivity contribution >= 4 is 21.6 Å². The van der Waals surface area contributed by atoms with Crippen LogP contribution < -0.4 is 0 Å². The summed E-state index contributed by atoms with van der Waals surface area (Å²) in [7, 11) is 0. The van der Waals surface area contributed by atoms with E-state index >= 15 is 0 Å². The Labute approximate surface area is 91.3 Å². The summed E-state index contributed by atoms with van der Waals surface area (Å²) in [5.74, 6) is 1.25. The fraction of sp³-hybridized carbons (Fsp3) is 0.400. The van der Waals surface area contributed by atoms with Crippen LogP contribution in [0, 0.1) is 6.92 Å². The number of pyridine rings is 1. The first-order chi connectivity index (χ1) is 6.59. The molecule has 0 aliphatic heterocycles. The Hall–Kier alpha value is -0.900.